The molecule has 1 aliphatic carbocycles. The molecule has 56 heavy (non-hydrogen) atoms. The Morgan fingerprint density at radius 1 is 0.375 bits per heavy atom. The summed E-state index contributed by atoms with van der Waals surface area (Å²) >= 11 is 0. The molecule has 0 atom stereocenters. The van der Waals surface area contributed by atoms with E-state index in [0.717, 1.165) is 16.6 Å². The van der Waals surface area contributed by atoms with Crippen LogP contribution in [0.2, 0.25) is 0 Å². The topological polar surface area (TPSA) is 13.1 Å². The summed E-state index contributed by atoms with van der Waals surface area (Å²) in [6.45, 7) is 4.78. The van der Waals surface area contributed by atoms with Crippen molar-refractivity contribution in [2.45, 2.75) is 19.3 Å². The van der Waals surface area contributed by atoms with Gasteiger partial charge in [0, 0.05) is 21.6 Å². The van der Waals surface area contributed by atoms with Crippen LogP contribution in [-0.4, -0.2) is 0 Å². The molecule has 0 radical (unpaired) electrons. The molecule has 1 nitrogen and oxygen atoms in total. The van der Waals surface area contributed by atoms with Gasteiger partial charge >= 0.3 is 0 Å². The molecule has 0 unspecified atom stereocenters. The second-order valence-electron chi connectivity index (χ2n) is 16.0. The molecule has 1 heteroatoms. The number of rotatable bonds is 3. The summed E-state index contributed by atoms with van der Waals surface area (Å²) in [5, 5.41) is 12.2. The maximum absolute atomic E-state index is 7.04. The van der Waals surface area contributed by atoms with Crippen molar-refractivity contribution in [3.05, 3.63) is 193 Å². The molecular weight excluding hydrogens is 677 g/mol. The minimum absolute atomic E-state index is 0.236. The van der Waals surface area contributed by atoms with Crippen LogP contribution in [0.15, 0.2) is 186 Å². The first-order chi connectivity index (χ1) is 27.5. The van der Waals surface area contributed by atoms with Gasteiger partial charge in [0.15, 0.2) is 0 Å². The molecule has 0 fully saturated rings. The first-order valence-corrected chi connectivity index (χ1v) is 19.6. The van der Waals surface area contributed by atoms with Gasteiger partial charge < -0.3 is 4.42 Å². The maximum Gasteiger partial charge on any atom is 0.143 e. The maximum atomic E-state index is 7.04. The summed E-state index contributed by atoms with van der Waals surface area (Å²) in [7, 11) is 0. The van der Waals surface area contributed by atoms with Crippen molar-refractivity contribution in [2.24, 2.45) is 0 Å². The molecule has 10 aromatic carbocycles. The lowest BCUT2D eigenvalue weighted by Gasteiger charge is -2.24. The van der Waals surface area contributed by atoms with Crippen LogP contribution in [-0.2, 0) is 5.41 Å². The number of hydrogen-bond donors (Lipinski definition) is 0. The fraction of sp³-hybridized carbons (Fsp3) is 0.0545. The Bertz CT molecular complexity index is 3380. The van der Waals surface area contributed by atoms with Crippen LogP contribution in [0.1, 0.15) is 25.0 Å². The third-order valence-corrected chi connectivity index (χ3v) is 12.6. The zero-order valence-electron chi connectivity index (χ0n) is 31.2. The summed E-state index contributed by atoms with van der Waals surface area (Å²) in [6.07, 6.45) is 0. The highest BCUT2D eigenvalue weighted by atomic mass is 16.3. The molecule has 1 aliphatic rings. The van der Waals surface area contributed by atoms with E-state index in [-0.39, 0.29) is 5.41 Å². The highest BCUT2D eigenvalue weighted by Crippen LogP contribution is 2.58. The van der Waals surface area contributed by atoms with Gasteiger partial charge in [0.2, 0.25) is 0 Å². The van der Waals surface area contributed by atoms with Crippen molar-refractivity contribution < 1.29 is 4.42 Å². The fourth-order valence-corrected chi connectivity index (χ4v) is 10.1. The number of furan rings is 1. The quantitative estimate of drug-likeness (QED) is 0.166. The third-order valence-electron chi connectivity index (χ3n) is 12.6. The average molecular weight is 713 g/mol. The van der Waals surface area contributed by atoms with E-state index in [1.165, 1.54) is 104 Å². The summed E-state index contributed by atoms with van der Waals surface area (Å²) in [5.41, 5.74) is 14.4. The summed E-state index contributed by atoms with van der Waals surface area (Å²) in [5.74, 6) is 0. The average Bonchev–Trinajstić information content (AvgIpc) is 3.74. The summed E-state index contributed by atoms with van der Waals surface area (Å²) < 4.78 is 7.04. The lowest BCUT2D eigenvalue weighted by molar-refractivity contribution is 0.658. The van der Waals surface area contributed by atoms with Crippen LogP contribution < -0.4 is 0 Å². The molecule has 0 amide bonds. The summed E-state index contributed by atoms with van der Waals surface area (Å²) in [4.78, 5) is 0. The molecule has 0 saturated heterocycles. The second kappa shape index (κ2) is 11.5. The van der Waals surface area contributed by atoms with Gasteiger partial charge in [-0.15, -0.1) is 0 Å². The highest BCUT2D eigenvalue weighted by Gasteiger charge is 2.40. The van der Waals surface area contributed by atoms with Gasteiger partial charge in [-0.25, -0.2) is 0 Å². The Labute approximate surface area is 325 Å². The second-order valence-corrected chi connectivity index (χ2v) is 16.0. The molecule has 0 spiro atoms. The molecule has 1 heterocycles. The smallest absolute Gasteiger partial charge is 0.143 e. The van der Waals surface area contributed by atoms with Crippen molar-refractivity contribution >= 4 is 65.0 Å². The molecular formula is C55H36O. The van der Waals surface area contributed by atoms with Crippen molar-refractivity contribution in [1.29, 1.82) is 0 Å². The number of benzene rings is 10. The predicted molar refractivity (Wildman–Crippen MR) is 238 cm³/mol. The zero-order valence-corrected chi connectivity index (χ0v) is 31.2. The summed E-state index contributed by atoms with van der Waals surface area (Å²) in [6, 6.07) is 67.0. The molecule has 11 aromatic rings. The standard InChI is InChI=1S/C55H36O/c1-55(2)47-23-13-12-22-44(47)51-46(32-48-52(53(51)55)45-29-28-34-16-6-7-17-39(34)54(45)56-48)50-42-20-10-8-18-40(42)49(41-19-9-11-21-43(41)50)38-27-26-36-30-35(24-25-37(36)31-38)33-14-4-3-5-15-33/h3-32H,1-2H3. The van der Waals surface area contributed by atoms with E-state index in [1.54, 1.807) is 0 Å². The minimum Gasteiger partial charge on any atom is -0.455 e. The van der Waals surface area contributed by atoms with E-state index in [2.05, 4.69) is 196 Å². The van der Waals surface area contributed by atoms with E-state index in [0.29, 0.717) is 0 Å². The van der Waals surface area contributed by atoms with E-state index < -0.39 is 0 Å². The minimum atomic E-state index is -0.236. The molecule has 0 N–H and O–H groups in total. The first kappa shape index (κ1) is 31.4. The van der Waals surface area contributed by atoms with Crippen molar-refractivity contribution in [2.75, 3.05) is 0 Å². The fourth-order valence-electron chi connectivity index (χ4n) is 10.1. The molecule has 0 bridgehead atoms. The monoisotopic (exact) mass is 712 g/mol. The van der Waals surface area contributed by atoms with Gasteiger partial charge in [-0.05, 0) is 118 Å². The number of fused-ring (bicyclic) bond motifs is 12. The Morgan fingerprint density at radius 3 is 1.68 bits per heavy atom. The van der Waals surface area contributed by atoms with Gasteiger partial charge in [-0.3, -0.25) is 0 Å². The molecule has 0 saturated carbocycles. The molecule has 0 aliphatic heterocycles. The molecule has 262 valence electrons. The lowest BCUT2D eigenvalue weighted by atomic mass is 9.78. The third kappa shape index (κ3) is 4.31. The van der Waals surface area contributed by atoms with E-state index in [4.69, 9.17) is 4.42 Å². The van der Waals surface area contributed by atoms with Crippen molar-refractivity contribution in [1.82, 2.24) is 0 Å². The van der Waals surface area contributed by atoms with Crippen LogP contribution in [0.3, 0.4) is 0 Å². The normalized spacial score (nSPS) is 13.3. The van der Waals surface area contributed by atoms with Crippen molar-refractivity contribution in [3.63, 3.8) is 0 Å². The predicted octanol–water partition coefficient (Wildman–Crippen LogP) is 15.5. The van der Waals surface area contributed by atoms with Crippen molar-refractivity contribution in [3.8, 4) is 44.5 Å². The number of hydrogen-bond acceptors (Lipinski definition) is 1. The van der Waals surface area contributed by atoms with Gasteiger partial charge in [0.05, 0.1) is 0 Å². The molecule has 12 rings (SSSR count). The Morgan fingerprint density at radius 2 is 0.946 bits per heavy atom. The lowest BCUT2D eigenvalue weighted by Crippen LogP contribution is -2.15. The van der Waals surface area contributed by atoms with Crippen LogP contribution in [0.5, 0.6) is 0 Å². The van der Waals surface area contributed by atoms with Gasteiger partial charge in [-0.2, -0.15) is 0 Å². The van der Waals surface area contributed by atoms with Crippen LogP contribution >= 0.6 is 0 Å². The van der Waals surface area contributed by atoms with E-state index in [9.17, 15) is 0 Å². The largest absolute Gasteiger partial charge is 0.455 e. The Hall–Kier alpha value is -6.96. The van der Waals surface area contributed by atoms with E-state index in [1.807, 2.05) is 0 Å². The van der Waals surface area contributed by atoms with E-state index >= 15 is 0 Å². The SMILES string of the molecule is CC1(C)c2ccccc2-c2c(-c3c4ccccc4c(-c4ccc5cc(-c6ccccc6)ccc5c4)c4ccccc34)cc3oc4c5ccccc5ccc4c3c21. The molecule has 1 aromatic heterocycles. The Kier molecular flexibility index (Phi) is 6.46. The highest BCUT2D eigenvalue weighted by molar-refractivity contribution is 6.26. The zero-order chi connectivity index (χ0) is 37.1. The Balaban J connectivity index is 1.17. The van der Waals surface area contributed by atoms with Crippen LogP contribution in [0, 0.1) is 0 Å². The van der Waals surface area contributed by atoms with Crippen LogP contribution in [0.4, 0.5) is 0 Å². The van der Waals surface area contributed by atoms with Gasteiger partial charge in [0.1, 0.15) is 11.2 Å². The first-order valence-electron chi connectivity index (χ1n) is 19.6. The van der Waals surface area contributed by atoms with Gasteiger partial charge in [-0.1, -0.05) is 172 Å². The van der Waals surface area contributed by atoms with Crippen LogP contribution in [0.25, 0.3) is 110 Å². The van der Waals surface area contributed by atoms with Gasteiger partial charge in [0.25, 0.3) is 0 Å².